The van der Waals surface area contributed by atoms with E-state index in [9.17, 15) is 9.59 Å². The van der Waals surface area contributed by atoms with Crippen molar-refractivity contribution in [3.05, 3.63) is 70.5 Å². The molecule has 3 aromatic rings. The van der Waals surface area contributed by atoms with Gasteiger partial charge in [-0.05, 0) is 24.3 Å². The summed E-state index contributed by atoms with van der Waals surface area (Å²) in [6.45, 7) is 0. The van der Waals surface area contributed by atoms with Crippen molar-refractivity contribution in [3.8, 4) is 0 Å². The quantitative estimate of drug-likeness (QED) is 0.782. The Morgan fingerprint density at radius 2 is 1.71 bits per heavy atom. The van der Waals surface area contributed by atoms with Crippen LogP contribution in [-0.2, 0) is 7.05 Å². The van der Waals surface area contributed by atoms with Crippen molar-refractivity contribution in [2.24, 2.45) is 7.05 Å². The van der Waals surface area contributed by atoms with Crippen molar-refractivity contribution < 1.29 is 4.79 Å². The summed E-state index contributed by atoms with van der Waals surface area (Å²) in [4.78, 5) is 28.6. The number of carbonyl (C=O) groups excluding carboxylic acids is 1. The summed E-state index contributed by atoms with van der Waals surface area (Å²) in [5.41, 5.74) is 1.52. The van der Waals surface area contributed by atoms with Crippen LogP contribution in [0.15, 0.2) is 59.4 Å². The summed E-state index contributed by atoms with van der Waals surface area (Å²) in [5, 5.41) is 2.58. The van der Waals surface area contributed by atoms with Gasteiger partial charge in [0.05, 0.1) is 11.0 Å². The van der Waals surface area contributed by atoms with Crippen LogP contribution in [0.4, 0.5) is 5.82 Å². The van der Waals surface area contributed by atoms with Crippen molar-refractivity contribution in [1.29, 1.82) is 0 Å². The second-order valence-electron chi connectivity index (χ2n) is 4.63. The SMILES string of the molecule is Cn1c(=O)c(NC(=O)c2ccccc2)nc2ccccc21. The fourth-order valence-corrected chi connectivity index (χ4v) is 2.13. The number of rotatable bonds is 2. The van der Waals surface area contributed by atoms with E-state index in [4.69, 9.17) is 0 Å². The van der Waals surface area contributed by atoms with Crippen molar-refractivity contribution in [1.82, 2.24) is 9.55 Å². The van der Waals surface area contributed by atoms with E-state index in [-0.39, 0.29) is 17.3 Å². The molecule has 1 aromatic heterocycles. The Labute approximate surface area is 120 Å². The van der Waals surface area contributed by atoms with Crippen molar-refractivity contribution in [2.75, 3.05) is 5.32 Å². The van der Waals surface area contributed by atoms with Crippen molar-refractivity contribution >= 4 is 22.8 Å². The van der Waals surface area contributed by atoms with E-state index in [0.717, 1.165) is 5.52 Å². The molecule has 21 heavy (non-hydrogen) atoms. The number of hydrogen-bond donors (Lipinski definition) is 1. The van der Waals surface area contributed by atoms with Crippen LogP contribution in [-0.4, -0.2) is 15.5 Å². The van der Waals surface area contributed by atoms with Crippen LogP contribution in [0.5, 0.6) is 0 Å². The molecule has 5 nitrogen and oxygen atoms in total. The van der Waals surface area contributed by atoms with Crippen LogP contribution in [0.3, 0.4) is 0 Å². The van der Waals surface area contributed by atoms with Crippen LogP contribution < -0.4 is 10.9 Å². The molecule has 0 aliphatic carbocycles. The lowest BCUT2D eigenvalue weighted by atomic mass is 10.2. The first-order chi connectivity index (χ1) is 10.2. The maximum atomic E-state index is 12.2. The molecule has 0 unspecified atom stereocenters. The summed E-state index contributed by atoms with van der Waals surface area (Å²) in [7, 11) is 1.66. The summed E-state index contributed by atoms with van der Waals surface area (Å²) in [6.07, 6.45) is 0. The lowest BCUT2D eigenvalue weighted by molar-refractivity contribution is 0.102. The molecule has 1 N–H and O–H groups in total. The van der Waals surface area contributed by atoms with Gasteiger partial charge in [-0.3, -0.25) is 9.59 Å². The smallest absolute Gasteiger partial charge is 0.293 e. The zero-order chi connectivity index (χ0) is 14.8. The van der Waals surface area contributed by atoms with Gasteiger partial charge in [0, 0.05) is 12.6 Å². The Hall–Kier alpha value is -2.95. The predicted molar refractivity (Wildman–Crippen MR) is 81.4 cm³/mol. The normalized spacial score (nSPS) is 10.5. The largest absolute Gasteiger partial charge is 0.307 e. The Morgan fingerprint density at radius 3 is 2.48 bits per heavy atom. The van der Waals surface area contributed by atoms with Gasteiger partial charge in [-0.1, -0.05) is 30.3 Å². The number of anilines is 1. The molecule has 0 radical (unpaired) electrons. The Balaban J connectivity index is 2.04. The molecule has 0 fully saturated rings. The van der Waals surface area contributed by atoms with Gasteiger partial charge in [0.1, 0.15) is 0 Å². The highest BCUT2D eigenvalue weighted by Crippen LogP contribution is 2.11. The van der Waals surface area contributed by atoms with E-state index in [1.54, 1.807) is 37.4 Å². The third-order valence-electron chi connectivity index (χ3n) is 3.25. The number of hydrogen-bond acceptors (Lipinski definition) is 3. The van der Waals surface area contributed by atoms with E-state index in [2.05, 4.69) is 10.3 Å². The van der Waals surface area contributed by atoms with Gasteiger partial charge in [0.25, 0.3) is 11.5 Å². The zero-order valence-corrected chi connectivity index (χ0v) is 11.4. The van der Waals surface area contributed by atoms with Crippen LogP contribution in [0.25, 0.3) is 11.0 Å². The highest BCUT2D eigenvalue weighted by atomic mass is 16.2. The fourth-order valence-electron chi connectivity index (χ4n) is 2.13. The highest BCUT2D eigenvalue weighted by molar-refractivity contribution is 6.03. The molecule has 1 amide bonds. The van der Waals surface area contributed by atoms with Gasteiger partial charge in [-0.25, -0.2) is 4.98 Å². The van der Waals surface area contributed by atoms with Crippen molar-refractivity contribution in [2.45, 2.75) is 0 Å². The number of amides is 1. The van der Waals surface area contributed by atoms with E-state index in [0.29, 0.717) is 11.1 Å². The van der Waals surface area contributed by atoms with Crippen LogP contribution in [0, 0.1) is 0 Å². The number of carbonyl (C=O) groups is 1. The third kappa shape index (κ3) is 2.41. The Kier molecular flexibility index (Phi) is 3.23. The topological polar surface area (TPSA) is 64.0 Å². The molecule has 0 atom stereocenters. The maximum absolute atomic E-state index is 12.2. The third-order valence-corrected chi connectivity index (χ3v) is 3.25. The lowest BCUT2D eigenvalue weighted by Gasteiger charge is -2.08. The first kappa shape index (κ1) is 13.1. The average Bonchev–Trinajstić information content (AvgIpc) is 2.53. The monoisotopic (exact) mass is 279 g/mol. The minimum absolute atomic E-state index is 0.0325. The predicted octanol–water partition coefficient (Wildman–Crippen LogP) is 2.19. The molecule has 0 aliphatic rings. The highest BCUT2D eigenvalue weighted by Gasteiger charge is 2.12. The van der Waals surface area contributed by atoms with Crippen LogP contribution >= 0.6 is 0 Å². The van der Waals surface area contributed by atoms with Gasteiger partial charge in [0.2, 0.25) is 0 Å². The second-order valence-corrected chi connectivity index (χ2v) is 4.63. The summed E-state index contributed by atoms with van der Waals surface area (Å²) < 4.78 is 1.48. The summed E-state index contributed by atoms with van der Waals surface area (Å²) in [5.74, 6) is -0.319. The molecule has 1 heterocycles. The molecular weight excluding hydrogens is 266 g/mol. The maximum Gasteiger partial charge on any atom is 0.293 e. The molecule has 0 saturated heterocycles. The van der Waals surface area contributed by atoms with Crippen molar-refractivity contribution in [3.63, 3.8) is 0 Å². The van der Waals surface area contributed by atoms with Crippen LogP contribution in [0.2, 0.25) is 0 Å². The van der Waals surface area contributed by atoms with Gasteiger partial charge in [-0.2, -0.15) is 0 Å². The first-order valence-corrected chi connectivity index (χ1v) is 6.49. The standard InChI is InChI=1S/C16H13N3O2/c1-19-13-10-6-5-9-12(13)17-14(16(19)21)18-15(20)11-7-3-2-4-8-11/h2-10H,1H3,(H,17,18,20). The van der Waals surface area contributed by atoms with Gasteiger partial charge in [-0.15, -0.1) is 0 Å². The molecule has 0 saturated carbocycles. The van der Waals surface area contributed by atoms with E-state index in [1.807, 2.05) is 24.3 Å². The van der Waals surface area contributed by atoms with Crippen LogP contribution in [0.1, 0.15) is 10.4 Å². The molecule has 104 valence electrons. The zero-order valence-electron chi connectivity index (χ0n) is 11.4. The Morgan fingerprint density at radius 1 is 1.05 bits per heavy atom. The molecule has 5 heteroatoms. The number of aromatic nitrogens is 2. The van der Waals surface area contributed by atoms with E-state index in [1.165, 1.54) is 4.57 Å². The minimum Gasteiger partial charge on any atom is -0.307 e. The lowest BCUT2D eigenvalue weighted by Crippen LogP contribution is -2.26. The number of nitrogens with one attached hydrogen (secondary N) is 1. The van der Waals surface area contributed by atoms with Gasteiger partial charge in [0.15, 0.2) is 5.82 Å². The van der Waals surface area contributed by atoms with E-state index < -0.39 is 0 Å². The van der Waals surface area contributed by atoms with Gasteiger partial charge >= 0.3 is 0 Å². The number of nitrogens with zero attached hydrogens (tertiary/aromatic N) is 2. The first-order valence-electron chi connectivity index (χ1n) is 6.49. The molecular formula is C16H13N3O2. The van der Waals surface area contributed by atoms with E-state index >= 15 is 0 Å². The Bertz CT molecular complexity index is 870. The molecule has 0 bridgehead atoms. The summed E-state index contributed by atoms with van der Waals surface area (Å²) >= 11 is 0. The number of aryl methyl sites for hydroxylation is 1. The number of para-hydroxylation sites is 2. The summed E-state index contributed by atoms with van der Waals surface area (Å²) in [6, 6.07) is 16.0. The average molecular weight is 279 g/mol. The van der Waals surface area contributed by atoms with Gasteiger partial charge < -0.3 is 9.88 Å². The molecule has 0 aliphatic heterocycles. The number of fused-ring (bicyclic) bond motifs is 1. The molecule has 3 rings (SSSR count). The fraction of sp³-hybridized carbons (Fsp3) is 0.0625. The number of benzene rings is 2. The minimum atomic E-state index is -0.351. The molecule has 0 spiro atoms. The molecule has 2 aromatic carbocycles. The second kappa shape index (κ2) is 5.20.